The van der Waals surface area contributed by atoms with Crippen molar-refractivity contribution in [2.24, 2.45) is 0 Å². The van der Waals surface area contributed by atoms with E-state index in [1.54, 1.807) is 0 Å². The number of aryl methyl sites for hydroxylation is 2. The van der Waals surface area contributed by atoms with Crippen LogP contribution in [0, 0.1) is 13.8 Å². The van der Waals surface area contributed by atoms with Crippen LogP contribution in [0.1, 0.15) is 18.1 Å². The molecule has 0 aliphatic rings. The van der Waals surface area contributed by atoms with Crippen molar-refractivity contribution in [3.8, 4) is 0 Å². The first-order valence-corrected chi connectivity index (χ1v) is 6.19. The predicted molar refractivity (Wildman–Crippen MR) is 71.7 cm³/mol. The molecule has 0 bridgehead atoms. The van der Waals surface area contributed by atoms with Crippen LogP contribution in [0.4, 0.5) is 5.69 Å². The van der Waals surface area contributed by atoms with E-state index in [4.69, 9.17) is 9.84 Å². The highest BCUT2D eigenvalue weighted by Crippen LogP contribution is 2.18. The van der Waals surface area contributed by atoms with Crippen LogP contribution in [0.25, 0.3) is 0 Å². The quantitative estimate of drug-likeness (QED) is 0.737. The fraction of sp³-hybridized carbons (Fsp3) is 0.571. The topological polar surface area (TPSA) is 32.7 Å². The molecule has 0 radical (unpaired) electrons. The van der Waals surface area contributed by atoms with E-state index in [0.29, 0.717) is 13.2 Å². The van der Waals surface area contributed by atoms with Gasteiger partial charge in [-0.2, -0.15) is 0 Å². The minimum Gasteiger partial charge on any atom is -0.394 e. The maximum Gasteiger partial charge on any atom is 0.0698 e. The number of benzene rings is 1. The molecule has 3 nitrogen and oxygen atoms in total. The van der Waals surface area contributed by atoms with E-state index in [1.165, 1.54) is 16.8 Å². The van der Waals surface area contributed by atoms with Crippen LogP contribution >= 0.6 is 0 Å². The van der Waals surface area contributed by atoms with Crippen molar-refractivity contribution in [3.63, 3.8) is 0 Å². The molecule has 0 aliphatic heterocycles. The molecular weight excluding hydrogens is 214 g/mol. The van der Waals surface area contributed by atoms with Gasteiger partial charge in [0.1, 0.15) is 0 Å². The molecule has 1 rings (SSSR count). The fourth-order valence-corrected chi connectivity index (χ4v) is 1.94. The standard InChI is InChI=1S/C14H23NO2/c1-4-15(5-7-17-8-6-16)14-10-12(2)9-13(3)11-14/h9-11,16H,4-8H2,1-3H3. The lowest BCUT2D eigenvalue weighted by atomic mass is 10.1. The molecule has 1 aromatic rings. The lowest BCUT2D eigenvalue weighted by Gasteiger charge is -2.24. The Kier molecular flexibility index (Phi) is 6.01. The monoisotopic (exact) mass is 237 g/mol. The van der Waals surface area contributed by atoms with Gasteiger partial charge in [0.15, 0.2) is 0 Å². The molecular formula is C14H23NO2. The average Bonchev–Trinajstić information content (AvgIpc) is 2.28. The highest BCUT2D eigenvalue weighted by molar-refractivity contribution is 5.50. The molecule has 0 amide bonds. The summed E-state index contributed by atoms with van der Waals surface area (Å²) in [7, 11) is 0. The van der Waals surface area contributed by atoms with Gasteiger partial charge in [-0.05, 0) is 44.0 Å². The number of likely N-dealkylation sites (N-methyl/N-ethyl adjacent to an activating group) is 1. The summed E-state index contributed by atoms with van der Waals surface area (Å²) in [6.07, 6.45) is 0. The van der Waals surface area contributed by atoms with E-state index in [9.17, 15) is 0 Å². The third-order valence-corrected chi connectivity index (χ3v) is 2.69. The smallest absolute Gasteiger partial charge is 0.0698 e. The van der Waals surface area contributed by atoms with Gasteiger partial charge in [0.05, 0.1) is 19.8 Å². The van der Waals surface area contributed by atoms with Gasteiger partial charge in [0.25, 0.3) is 0 Å². The molecule has 0 heterocycles. The first-order chi connectivity index (χ1) is 8.17. The van der Waals surface area contributed by atoms with Gasteiger partial charge in [0, 0.05) is 18.8 Å². The Hall–Kier alpha value is -1.06. The first kappa shape index (κ1) is 14.0. The van der Waals surface area contributed by atoms with Crippen molar-refractivity contribution in [2.45, 2.75) is 20.8 Å². The van der Waals surface area contributed by atoms with E-state index < -0.39 is 0 Å². The minimum absolute atomic E-state index is 0.0929. The second kappa shape index (κ2) is 7.30. The number of aliphatic hydroxyl groups excluding tert-OH is 1. The Bertz CT molecular complexity index is 319. The third-order valence-electron chi connectivity index (χ3n) is 2.69. The molecule has 0 fully saturated rings. The maximum absolute atomic E-state index is 8.64. The summed E-state index contributed by atoms with van der Waals surface area (Å²) in [5.41, 5.74) is 3.82. The number of ether oxygens (including phenoxy) is 1. The number of hydrogen-bond acceptors (Lipinski definition) is 3. The summed E-state index contributed by atoms with van der Waals surface area (Å²) in [6.45, 7) is 9.37. The van der Waals surface area contributed by atoms with Crippen LogP contribution < -0.4 is 4.90 Å². The molecule has 0 aromatic heterocycles. The molecule has 1 N–H and O–H groups in total. The Morgan fingerprint density at radius 2 is 1.76 bits per heavy atom. The molecule has 3 heteroatoms. The number of anilines is 1. The molecule has 96 valence electrons. The highest BCUT2D eigenvalue weighted by Gasteiger charge is 2.05. The largest absolute Gasteiger partial charge is 0.394 e. The SMILES string of the molecule is CCN(CCOCCO)c1cc(C)cc(C)c1. The normalized spacial score (nSPS) is 10.6. The Labute approximate surface area is 104 Å². The van der Waals surface area contributed by atoms with Gasteiger partial charge < -0.3 is 14.7 Å². The van der Waals surface area contributed by atoms with Crippen molar-refractivity contribution in [3.05, 3.63) is 29.3 Å². The summed E-state index contributed by atoms with van der Waals surface area (Å²) in [5, 5.41) is 8.64. The lowest BCUT2D eigenvalue weighted by Crippen LogP contribution is -2.27. The fourth-order valence-electron chi connectivity index (χ4n) is 1.94. The average molecular weight is 237 g/mol. The summed E-state index contributed by atoms with van der Waals surface area (Å²) in [4.78, 5) is 2.29. The zero-order valence-electron chi connectivity index (χ0n) is 11.1. The van der Waals surface area contributed by atoms with Gasteiger partial charge >= 0.3 is 0 Å². The number of aliphatic hydroxyl groups is 1. The van der Waals surface area contributed by atoms with E-state index in [1.807, 2.05) is 0 Å². The van der Waals surface area contributed by atoms with Crippen molar-refractivity contribution in [1.82, 2.24) is 0 Å². The minimum atomic E-state index is 0.0929. The van der Waals surface area contributed by atoms with Crippen LogP contribution in [-0.4, -0.2) is 38.0 Å². The van der Waals surface area contributed by atoms with Crippen molar-refractivity contribution in [1.29, 1.82) is 0 Å². The summed E-state index contributed by atoms with van der Waals surface area (Å²) < 4.78 is 5.31. The zero-order valence-corrected chi connectivity index (χ0v) is 11.1. The third kappa shape index (κ3) is 4.75. The van der Waals surface area contributed by atoms with Crippen molar-refractivity contribution >= 4 is 5.69 Å². The van der Waals surface area contributed by atoms with Gasteiger partial charge in [-0.1, -0.05) is 6.07 Å². The van der Waals surface area contributed by atoms with Gasteiger partial charge in [-0.3, -0.25) is 0 Å². The van der Waals surface area contributed by atoms with E-state index in [-0.39, 0.29) is 6.61 Å². The van der Waals surface area contributed by atoms with Crippen LogP contribution in [-0.2, 0) is 4.74 Å². The summed E-state index contributed by atoms with van der Waals surface area (Å²) >= 11 is 0. The lowest BCUT2D eigenvalue weighted by molar-refractivity contribution is 0.0967. The van der Waals surface area contributed by atoms with E-state index in [2.05, 4.69) is 43.9 Å². The molecule has 17 heavy (non-hydrogen) atoms. The van der Waals surface area contributed by atoms with Crippen LogP contribution in [0.5, 0.6) is 0 Å². The summed E-state index contributed by atoms with van der Waals surface area (Å²) in [5.74, 6) is 0. The highest BCUT2D eigenvalue weighted by atomic mass is 16.5. The van der Waals surface area contributed by atoms with Crippen molar-refractivity contribution < 1.29 is 9.84 Å². The Morgan fingerprint density at radius 3 is 2.29 bits per heavy atom. The Balaban J connectivity index is 2.59. The zero-order chi connectivity index (χ0) is 12.7. The van der Waals surface area contributed by atoms with Crippen LogP contribution in [0.2, 0.25) is 0 Å². The molecule has 0 saturated carbocycles. The molecule has 0 unspecified atom stereocenters. The molecule has 0 atom stereocenters. The van der Waals surface area contributed by atoms with E-state index in [0.717, 1.165) is 13.1 Å². The predicted octanol–water partition coefficient (Wildman–Crippen LogP) is 2.14. The van der Waals surface area contributed by atoms with Crippen molar-refractivity contribution in [2.75, 3.05) is 37.8 Å². The number of nitrogens with zero attached hydrogens (tertiary/aromatic N) is 1. The number of rotatable bonds is 7. The van der Waals surface area contributed by atoms with Crippen LogP contribution in [0.3, 0.4) is 0 Å². The van der Waals surface area contributed by atoms with Gasteiger partial charge in [0.2, 0.25) is 0 Å². The molecule has 0 saturated heterocycles. The van der Waals surface area contributed by atoms with Gasteiger partial charge in [-0.15, -0.1) is 0 Å². The first-order valence-electron chi connectivity index (χ1n) is 6.19. The van der Waals surface area contributed by atoms with Crippen LogP contribution in [0.15, 0.2) is 18.2 Å². The van der Waals surface area contributed by atoms with Gasteiger partial charge in [-0.25, -0.2) is 0 Å². The number of hydrogen-bond donors (Lipinski definition) is 1. The summed E-state index contributed by atoms with van der Waals surface area (Å²) in [6, 6.07) is 6.57. The second-order valence-electron chi connectivity index (χ2n) is 4.26. The molecule has 0 spiro atoms. The maximum atomic E-state index is 8.64. The molecule has 0 aliphatic carbocycles. The Morgan fingerprint density at radius 1 is 1.12 bits per heavy atom. The van der Waals surface area contributed by atoms with E-state index >= 15 is 0 Å². The molecule has 1 aromatic carbocycles. The second-order valence-corrected chi connectivity index (χ2v) is 4.26.